The maximum atomic E-state index is 14.1. The van der Waals surface area contributed by atoms with Crippen LogP contribution in [0, 0.1) is 5.41 Å². The SMILES string of the molecule is COc1cc2c(cc1OC)C(=O)C(C(=O)F)(C(=O)c1cnc(Cl)c(Cl)c1)C2. The molecule has 0 saturated carbocycles. The maximum Gasteiger partial charge on any atom is 0.323 e. The minimum absolute atomic E-state index is 0.0139. The number of nitrogens with zero attached hydrogens (tertiary/aromatic N) is 1. The quantitative estimate of drug-likeness (QED) is 0.324. The molecule has 9 heteroatoms. The van der Waals surface area contributed by atoms with E-state index < -0.39 is 29.4 Å². The van der Waals surface area contributed by atoms with Crippen molar-refractivity contribution in [2.45, 2.75) is 6.42 Å². The highest BCUT2D eigenvalue weighted by Gasteiger charge is 2.58. The monoisotopic (exact) mass is 411 g/mol. The number of methoxy groups -OCH3 is 2. The Morgan fingerprint density at radius 2 is 1.78 bits per heavy atom. The Labute approximate surface area is 163 Å². The molecule has 1 atom stereocenters. The number of Topliss-reactive ketones (excluding diaryl/α,β-unsaturated/α-hetero) is 2. The Morgan fingerprint density at radius 1 is 1.15 bits per heavy atom. The van der Waals surface area contributed by atoms with Gasteiger partial charge in [0.1, 0.15) is 5.15 Å². The molecule has 6 nitrogen and oxygen atoms in total. The van der Waals surface area contributed by atoms with E-state index in [1.165, 1.54) is 26.4 Å². The molecule has 27 heavy (non-hydrogen) atoms. The van der Waals surface area contributed by atoms with E-state index in [9.17, 15) is 18.8 Å². The predicted molar refractivity (Wildman–Crippen MR) is 94.7 cm³/mol. The van der Waals surface area contributed by atoms with E-state index >= 15 is 0 Å². The molecule has 1 unspecified atom stereocenters. The standard InChI is InChI=1S/C18H12Cl2FNO5/c1-26-12-4-8-6-18(17(21)25,15(24)10(8)5-13(12)27-2)14(23)9-3-11(19)16(20)22-7-9/h3-5,7H,6H2,1-2H3. The van der Waals surface area contributed by atoms with Gasteiger partial charge in [-0.05, 0) is 23.8 Å². The van der Waals surface area contributed by atoms with Crippen LogP contribution in [-0.2, 0) is 11.2 Å². The topological polar surface area (TPSA) is 82.6 Å². The number of ketones is 2. The van der Waals surface area contributed by atoms with Gasteiger partial charge in [0.05, 0.1) is 19.2 Å². The summed E-state index contributed by atoms with van der Waals surface area (Å²) in [6.45, 7) is 0. The molecule has 0 spiro atoms. The van der Waals surface area contributed by atoms with E-state index in [-0.39, 0.29) is 32.8 Å². The molecule has 1 aliphatic rings. The summed E-state index contributed by atoms with van der Waals surface area (Å²) < 4.78 is 24.4. The highest BCUT2D eigenvalue weighted by atomic mass is 35.5. The summed E-state index contributed by atoms with van der Waals surface area (Å²) in [5.41, 5.74) is -2.43. The van der Waals surface area contributed by atoms with Crippen LogP contribution in [0.25, 0.3) is 0 Å². The Morgan fingerprint density at radius 3 is 2.33 bits per heavy atom. The number of hydrogen-bond donors (Lipinski definition) is 0. The van der Waals surface area contributed by atoms with Crippen LogP contribution in [-0.4, -0.2) is 36.8 Å². The summed E-state index contributed by atoms with van der Waals surface area (Å²) in [5.74, 6) is -1.49. The zero-order chi connectivity index (χ0) is 19.9. The first-order valence-electron chi connectivity index (χ1n) is 7.61. The molecular formula is C18H12Cl2FNO5. The molecule has 1 aromatic carbocycles. The van der Waals surface area contributed by atoms with Crippen molar-refractivity contribution in [3.8, 4) is 11.5 Å². The molecule has 140 valence electrons. The average Bonchev–Trinajstić information content (AvgIpc) is 2.95. The van der Waals surface area contributed by atoms with E-state index in [1.54, 1.807) is 0 Å². The van der Waals surface area contributed by atoms with Crippen LogP contribution in [0.1, 0.15) is 26.3 Å². The zero-order valence-electron chi connectivity index (χ0n) is 14.1. The highest BCUT2D eigenvalue weighted by molar-refractivity contribution is 6.41. The van der Waals surface area contributed by atoms with Gasteiger partial charge in [-0.25, -0.2) is 4.98 Å². The largest absolute Gasteiger partial charge is 0.493 e. The van der Waals surface area contributed by atoms with Gasteiger partial charge in [-0.1, -0.05) is 23.2 Å². The third-order valence-electron chi connectivity index (χ3n) is 4.48. The van der Waals surface area contributed by atoms with E-state index in [4.69, 9.17) is 32.7 Å². The van der Waals surface area contributed by atoms with Crippen LogP contribution >= 0.6 is 23.2 Å². The van der Waals surface area contributed by atoms with Crippen molar-refractivity contribution in [2.24, 2.45) is 5.41 Å². The number of halogens is 3. The van der Waals surface area contributed by atoms with Crippen LogP contribution < -0.4 is 9.47 Å². The predicted octanol–water partition coefficient (Wildman–Crippen LogP) is 3.51. The minimum atomic E-state index is -2.54. The third kappa shape index (κ3) is 2.87. The molecule has 0 bridgehead atoms. The summed E-state index contributed by atoms with van der Waals surface area (Å²) in [6, 6.07) is 1.85. The van der Waals surface area contributed by atoms with Gasteiger partial charge < -0.3 is 9.47 Å². The van der Waals surface area contributed by atoms with Gasteiger partial charge in [0.15, 0.2) is 28.5 Å². The molecule has 0 aliphatic heterocycles. The minimum Gasteiger partial charge on any atom is -0.493 e. The molecule has 0 fully saturated rings. The van der Waals surface area contributed by atoms with Gasteiger partial charge in [-0.2, -0.15) is 4.39 Å². The van der Waals surface area contributed by atoms with Crippen molar-refractivity contribution >= 4 is 40.8 Å². The average molecular weight is 412 g/mol. The summed E-state index contributed by atoms with van der Waals surface area (Å²) >= 11 is 11.6. The molecular weight excluding hydrogens is 400 g/mol. The van der Waals surface area contributed by atoms with Gasteiger partial charge in [0.25, 0.3) is 0 Å². The smallest absolute Gasteiger partial charge is 0.323 e. The van der Waals surface area contributed by atoms with E-state index in [0.717, 1.165) is 12.3 Å². The number of benzene rings is 1. The third-order valence-corrected chi connectivity index (χ3v) is 5.16. The normalized spacial score (nSPS) is 18.2. The summed E-state index contributed by atoms with van der Waals surface area (Å²) in [6.07, 6.45) is 0.592. The van der Waals surface area contributed by atoms with Crippen molar-refractivity contribution in [1.82, 2.24) is 4.98 Å². The number of hydrogen-bond acceptors (Lipinski definition) is 6. The van der Waals surface area contributed by atoms with Crippen LogP contribution in [0.15, 0.2) is 24.4 Å². The molecule has 1 heterocycles. The summed E-state index contributed by atoms with van der Waals surface area (Å²) in [7, 11) is 2.75. The maximum absolute atomic E-state index is 14.1. The summed E-state index contributed by atoms with van der Waals surface area (Å²) in [5, 5.41) is -0.125. The van der Waals surface area contributed by atoms with Crippen LogP contribution in [0.5, 0.6) is 11.5 Å². The fourth-order valence-corrected chi connectivity index (χ4v) is 3.37. The molecule has 3 rings (SSSR count). The van der Waals surface area contributed by atoms with Crippen molar-refractivity contribution < 1.29 is 28.2 Å². The van der Waals surface area contributed by atoms with Crippen molar-refractivity contribution in [3.05, 3.63) is 51.3 Å². The van der Waals surface area contributed by atoms with Gasteiger partial charge in [0.2, 0.25) is 0 Å². The van der Waals surface area contributed by atoms with Gasteiger partial charge in [0, 0.05) is 23.7 Å². The van der Waals surface area contributed by atoms with Crippen LogP contribution in [0.2, 0.25) is 10.2 Å². The Balaban J connectivity index is 2.15. The van der Waals surface area contributed by atoms with Gasteiger partial charge in [-0.15, -0.1) is 0 Å². The molecule has 0 amide bonds. The lowest BCUT2D eigenvalue weighted by Gasteiger charge is -2.20. The van der Waals surface area contributed by atoms with Crippen molar-refractivity contribution in [2.75, 3.05) is 14.2 Å². The molecule has 2 aromatic rings. The number of fused-ring (bicyclic) bond motifs is 1. The number of pyridine rings is 1. The molecule has 0 saturated heterocycles. The molecule has 1 aromatic heterocycles. The Kier molecular flexibility index (Phi) is 4.92. The van der Waals surface area contributed by atoms with Crippen LogP contribution in [0.3, 0.4) is 0 Å². The van der Waals surface area contributed by atoms with Crippen molar-refractivity contribution in [3.63, 3.8) is 0 Å². The molecule has 1 aliphatic carbocycles. The fourth-order valence-electron chi connectivity index (χ4n) is 3.10. The lowest BCUT2D eigenvalue weighted by Crippen LogP contribution is -2.43. The van der Waals surface area contributed by atoms with E-state index in [0.29, 0.717) is 5.56 Å². The molecule has 0 radical (unpaired) electrons. The highest BCUT2D eigenvalue weighted by Crippen LogP contribution is 2.45. The van der Waals surface area contributed by atoms with E-state index in [2.05, 4.69) is 4.98 Å². The first kappa shape index (κ1) is 19.3. The number of ether oxygens (including phenoxy) is 2. The number of carbonyl (C=O) groups excluding carboxylic acids is 3. The second-order valence-electron chi connectivity index (χ2n) is 5.88. The number of carbonyl (C=O) groups is 3. The van der Waals surface area contributed by atoms with E-state index in [1.807, 2.05) is 0 Å². The second-order valence-corrected chi connectivity index (χ2v) is 6.64. The van der Waals surface area contributed by atoms with Crippen molar-refractivity contribution in [1.29, 1.82) is 0 Å². The molecule has 0 N–H and O–H groups in total. The lowest BCUT2D eigenvalue weighted by molar-refractivity contribution is -0.134. The Bertz CT molecular complexity index is 994. The van der Waals surface area contributed by atoms with Crippen LogP contribution in [0.4, 0.5) is 4.39 Å². The number of rotatable bonds is 5. The Hall–Kier alpha value is -2.51. The first-order chi connectivity index (χ1) is 12.8. The second kappa shape index (κ2) is 6.90. The van der Waals surface area contributed by atoms with Gasteiger partial charge in [-0.3, -0.25) is 14.4 Å². The zero-order valence-corrected chi connectivity index (χ0v) is 15.7. The first-order valence-corrected chi connectivity index (χ1v) is 8.37. The van der Waals surface area contributed by atoms with Gasteiger partial charge >= 0.3 is 6.04 Å². The number of aromatic nitrogens is 1. The fraction of sp³-hybridized carbons (Fsp3) is 0.222. The summed E-state index contributed by atoms with van der Waals surface area (Å²) in [4.78, 5) is 41.5. The lowest BCUT2D eigenvalue weighted by atomic mass is 9.77.